The van der Waals surface area contributed by atoms with Crippen molar-refractivity contribution in [2.24, 2.45) is 5.16 Å². The van der Waals surface area contributed by atoms with Gasteiger partial charge in [-0.15, -0.1) is 0 Å². The number of hydrogen-bond acceptors (Lipinski definition) is 6. The van der Waals surface area contributed by atoms with E-state index in [1.807, 2.05) is 18.2 Å². The van der Waals surface area contributed by atoms with Gasteiger partial charge in [0.05, 0.1) is 0 Å². The number of carbonyl (C=O) groups excluding carboxylic acids is 1. The second kappa shape index (κ2) is 7.67. The molecule has 150 valence electrons. The molecule has 0 radical (unpaired) electrons. The van der Waals surface area contributed by atoms with Crippen molar-refractivity contribution in [3.05, 3.63) is 82.9 Å². The summed E-state index contributed by atoms with van der Waals surface area (Å²) in [5.74, 6) is -3.93. The van der Waals surface area contributed by atoms with Crippen LogP contribution in [0.1, 0.15) is 36.3 Å². The minimum Gasteiger partial charge on any atom is -0.456 e. The Hall–Kier alpha value is -3.19. The van der Waals surface area contributed by atoms with Gasteiger partial charge in [0.2, 0.25) is 0 Å². The van der Waals surface area contributed by atoms with E-state index in [1.54, 1.807) is 24.3 Å². The highest BCUT2D eigenvalue weighted by Gasteiger charge is 2.51. The molecule has 1 aliphatic heterocycles. The van der Waals surface area contributed by atoms with Crippen molar-refractivity contribution in [2.75, 3.05) is 0 Å². The van der Waals surface area contributed by atoms with E-state index in [2.05, 4.69) is 5.16 Å². The van der Waals surface area contributed by atoms with Crippen molar-refractivity contribution in [2.45, 2.75) is 37.6 Å². The van der Waals surface area contributed by atoms with E-state index in [0.717, 1.165) is 11.1 Å². The third kappa shape index (κ3) is 3.73. The molecule has 0 spiro atoms. The van der Waals surface area contributed by atoms with Gasteiger partial charge in [-0.2, -0.15) is 0 Å². The third-order valence-electron chi connectivity index (χ3n) is 5.26. The smallest absolute Gasteiger partial charge is 0.379 e. The summed E-state index contributed by atoms with van der Waals surface area (Å²) in [6.45, 7) is -0.0250. The van der Waals surface area contributed by atoms with Crippen LogP contribution in [0, 0.1) is 5.82 Å². The molecule has 0 fully saturated rings. The molecule has 0 bridgehead atoms. The lowest BCUT2D eigenvalue weighted by atomic mass is 9.82. The molecule has 2 atom stereocenters. The second-order valence-corrected chi connectivity index (χ2v) is 7.16. The van der Waals surface area contributed by atoms with Crippen molar-refractivity contribution in [1.29, 1.82) is 0 Å². The SMILES string of the molecule is O=C(OCc1ccccc1)[C@@]1(O)C[C@@H](c2cccc(F)c2)C2=C(O1)/C(=N/O)CC2. The number of rotatable bonds is 4. The molecule has 0 aromatic heterocycles. The van der Waals surface area contributed by atoms with Crippen molar-refractivity contribution in [3.63, 3.8) is 0 Å². The van der Waals surface area contributed by atoms with Crippen LogP contribution < -0.4 is 0 Å². The van der Waals surface area contributed by atoms with Gasteiger partial charge >= 0.3 is 11.8 Å². The summed E-state index contributed by atoms with van der Waals surface area (Å²) in [4.78, 5) is 12.7. The van der Waals surface area contributed by atoms with Crippen molar-refractivity contribution in [1.82, 2.24) is 0 Å². The first-order chi connectivity index (χ1) is 14.0. The summed E-state index contributed by atoms with van der Waals surface area (Å²) in [7, 11) is 0. The molecule has 29 heavy (non-hydrogen) atoms. The second-order valence-electron chi connectivity index (χ2n) is 7.16. The number of carbonyl (C=O) groups is 1. The van der Waals surface area contributed by atoms with Crippen LogP contribution in [-0.2, 0) is 20.9 Å². The molecule has 2 N–H and O–H groups in total. The van der Waals surface area contributed by atoms with Gasteiger partial charge in [-0.25, -0.2) is 9.18 Å². The summed E-state index contributed by atoms with van der Waals surface area (Å²) < 4.78 is 24.7. The van der Waals surface area contributed by atoms with E-state index in [0.29, 0.717) is 18.4 Å². The van der Waals surface area contributed by atoms with Crippen LogP contribution in [0.15, 0.2) is 71.1 Å². The van der Waals surface area contributed by atoms with Gasteiger partial charge in [0.15, 0.2) is 0 Å². The minimum absolute atomic E-state index is 0.0250. The zero-order valence-electron chi connectivity index (χ0n) is 15.5. The number of allylic oxidation sites excluding steroid dienone is 2. The minimum atomic E-state index is -2.27. The molecular weight excluding hydrogens is 377 g/mol. The normalized spacial score (nSPS) is 24.9. The molecule has 0 saturated carbocycles. The Kier molecular flexibility index (Phi) is 5.07. The Bertz CT molecular complexity index is 988. The molecule has 0 saturated heterocycles. The fourth-order valence-electron chi connectivity index (χ4n) is 3.83. The van der Waals surface area contributed by atoms with E-state index < -0.39 is 23.5 Å². The Morgan fingerprint density at radius 3 is 2.72 bits per heavy atom. The fourth-order valence-corrected chi connectivity index (χ4v) is 3.83. The lowest BCUT2D eigenvalue weighted by molar-refractivity contribution is -0.221. The molecule has 6 nitrogen and oxygen atoms in total. The highest BCUT2D eigenvalue weighted by Crippen LogP contribution is 2.47. The van der Waals surface area contributed by atoms with Crippen LogP contribution in [0.25, 0.3) is 0 Å². The highest BCUT2D eigenvalue weighted by molar-refractivity contribution is 6.02. The van der Waals surface area contributed by atoms with E-state index in [4.69, 9.17) is 9.47 Å². The Labute approximate surface area is 166 Å². The Balaban J connectivity index is 1.63. The summed E-state index contributed by atoms with van der Waals surface area (Å²) >= 11 is 0. The van der Waals surface area contributed by atoms with Crippen molar-refractivity contribution >= 4 is 11.7 Å². The van der Waals surface area contributed by atoms with Crippen molar-refractivity contribution in [3.8, 4) is 0 Å². The largest absolute Gasteiger partial charge is 0.456 e. The zero-order valence-corrected chi connectivity index (χ0v) is 15.5. The molecule has 0 unspecified atom stereocenters. The summed E-state index contributed by atoms with van der Waals surface area (Å²) in [5, 5.41) is 23.5. The van der Waals surface area contributed by atoms with Gasteiger partial charge in [0, 0.05) is 18.8 Å². The van der Waals surface area contributed by atoms with E-state index in [1.165, 1.54) is 12.1 Å². The first-order valence-electron chi connectivity index (χ1n) is 9.32. The molecule has 2 aromatic carbocycles. The summed E-state index contributed by atoms with van der Waals surface area (Å²) in [6.07, 6.45) is 0.814. The average molecular weight is 397 g/mol. The molecule has 4 rings (SSSR count). The number of aliphatic hydroxyl groups is 1. The summed E-state index contributed by atoms with van der Waals surface area (Å²) in [5.41, 5.74) is 2.38. The third-order valence-corrected chi connectivity index (χ3v) is 5.26. The molecular formula is C22H20FNO5. The zero-order chi connectivity index (χ0) is 20.4. The molecule has 1 aliphatic carbocycles. The number of benzene rings is 2. The number of halogens is 1. The van der Waals surface area contributed by atoms with Gasteiger partial charge < -0.3 is 19.8 Å². The fraction of sp³-hybridized carbons (Fsp3) is 0.273. The predicted octanol–water partition coefficient (Wildman–Crippen LogP) is 3.64. The topological polar surface area (TPSA) is 88.4 Å². The molecule has 1 heterocycles. The summed E-state index contributed by atoms with van der Waals surface area (Å²) in [6, 6.07) is 15.1. The van der Waals surface area contributed by atoms with Gasteiger partial charge in [-0.1, -0.05) is 47.6 Å². The van der Waals surface area contributed by atoms with E-state index in [-0.39, 0.29) is 24.5 Å². The maximum Gasteiger partial charge on any atom is 0.379 e. The maximum absolute atomic E-state index is 13.8. The number of ether oxygens (including phenoxy) is 2. The highest BCUT2D eigenvalue weighted by atomic mass is 19.1. The quantitative estimate of drug-likeness (QED) is 0.467. The molecule has 2 aromatic rings. The van der Waals surface area contributed by atoms with Crippen LogP contribution in [0.5, 0.6) is 0 Å². The number of esters is 1. The molecule has 7 heteroatoms. The average Bonchev–Trinajstić information content (AvgIpc) is 3.14. The van der Waals surface area contributed by atoms with Crippen LogP contribution >= 0.6 is 0 Å². The lowest BCUT2D eigenvalue weighted by Gasteiger charge is -2.36. The van der Waals surface area contributed by atoms with Gasteiger partial charge in [-0.05, 0) is 35.3 Å². The van der Waals surface area contributed by atoms with Gasteiger partial charge in [-0.3, -0.25) is 0 Å². The molecule has 0 amide bonds. The van der Waals surface area contributed by atoms with E-state index >= 15 is 0 Å². The van der Waals surface area contributed by atoms with Crippen LogP contribution in [-0.4, -0.2) is 27.8 Å². The first kappa shape index (κ1) is 19.1. The number of hydrogen-bond donors (Lipinski definition) is 2. The number of oxime groups is 1. The Morgan fingerprint density at radius 2 is 2.00 bits per heavy atom. The van der Waals surface area contributed by atoms with Gasteiger partial charge in [0.1, 0.15) is 23.9 Å². The van der Waals surface area contributed by atoms with Gasteiger partial charge in [0.25, 0.3) is 0 Å². The first-order valence-corrected chi connectivity index (χ1v) is 9.32. The lowest BCUT2D eigenvalue weighted by Crippen LogP contribution is -2.47. The molecule has 2 aliphatic rings. The predicted molar refractivity (Wildman–Crippen MR) is 102 cm³/mol. The van der Waals surface area contributed by atoms with Crippen LogP contribution in [0.2, 0.25) is 0 Å². The van der Waals surface area contributed by atoms with E-state index in [9.17, 15) is 19.5 Å². The van der Waals surface area contributed by atoms with Crippen LogP contribution in [0.3, 0.4) is 0 Å². The maximum atomic E-state index is 13.8. The van der Waals surface area contributed by atoms with Crippen molar-refractivity contribution < 1.29 is 29.0 Å². The standard InChI is InChI=1S/C22H20FNO5/c23-16-8-4-7-15(11-16)18-12-22(26,29-20-17(18)9-10-19(20)24-27)21(25)28-13-14-5-2-1-3-6-14/h1-8,11,18,26-27H,9-10,12-13H2/b24-19+/t18-,22+/m0/s1. The van der Waals surface area contributed by atoms with Crippen LogP contribution in [0.4, 0.5) is 4.39 Å². The Morgan fingerprint density at radius 1 is 1.21 bits per heavy atom. The monoisotopic (exact) mass is 397 g/mol. The number of nitrogens with zero attached hydrogens (tertiary/aromatic N) is 1.